The second-order valence-electron chi connectivity index (χ2n) is 6.41. The molecule has 1 aliphatic rings. The van der Waals surface area contributed by atoms with E-state index in [4.69, 9.17) is 55.4 Å². The van der Waals surface area contributed by atoms with Crippen LogP contribution in [0.25, 0.3) is 0 Å². The summed E-state index contributed by atoms with van der Waals surface area (Å²) in [5.74, 6) is -2.94. The quantitative estimate of drug-likeness (QED) is 0.456. The first-order chi connectivity index (χ1) is 14.2. The fraction of sp³-hybridized carbons (Fsp3) is 0.400. The predicted octanol–water partition coefficient (Wildman–Crippen LogP) is 3.46. The number of hydrogen-bond donors (Lipinski definition) is 1. The number of esters is 2. The van der Waals surface area contributed by atoms with E-state index in [0.717, 1.165) is 0 Å². The third-order valence-corrected chi connectivity index (χ3v) is 5.42. The highest BCUT2D eigenvalue weighted by atomic mass is 35.5. The normalized spacial score (nSPS) is 18.6. The maximum absolute atomic E-state index is 13.0. The van der Waals surface area contributed by atoms with E-state index in [-0.39, 0.29) is 40.4 Å². The molecule has 0 saturated heterocycles. The average molecular weight is 473 g/mol. The van der Waals surface area contributed by atoms with Crippen LogP contribution >= 0.6 is 35.4 Å². The van der Waals surface area contributed by atoms with Gasteiger partial charge in [-0.2, -0.15) is 0 Å². The number of hydrogen-bond acceptors (Lipinski definition) is 7. The number of benzene rings is 1. The lowest BCUT2D eigenvalue weighted by Gasteiger charge is -2.32. The molecule has 0 bridgehead atoms. The first-order valence-electron chi connectivity index (χ1n) is 9.06. The molecule has 2 rings (SSSR count). The Kier molecular flexibility index (Phi) is 8.78. The lowest BCUT2D eigenvalue weighted by atomic mass is 9.75. The number of nitrogens with two attached hydrogens (primary N) is 1. The van der Waals surface area contributed by atoms with Gasteiger partial charge < -0.3 is 19.9 Å². The molecule has 0 aliphatic carbocycles. The summed E-state index contributed by atoms with van der Waals surface area (Å²) in [6.45, 7) is 3.42. The van der Waals surface area contributed by atoms with E-state index >= 15 is 0 Å². The van der Waals surface area contributed by atoms with E-state index in [9.17, 15) is 9.59 Å². The number of methoxy groups -OCH3 is 1. The molecule has 2 unspecified atom stereocenters. The molecule has 1 aromatic carbocycles. The van der Waals surface area contributed by atoms with E-state index < -0.39 is 23.8 Å². The minimum atomic E-state index is -0.898. The van der Waals surface area contributed by atoms with Crippen molar-refractivity contribution in [1.29, 1.82) is 0 Å². The molecule has 0 fully saturated rings. The van der Waals surface area contributed by atoms with E-state index in [0.29, 0.717) is 17.0 Å². The van der Waals surface area contributed by atoms with E-state index in [1.165, 1.54) is 7.11 Å². The lowest BCUT2D eigenvalue weighted by Crippen LogP contribution is -2.37. The summed E-state index contributed by atoms with van der Waals surface area (Å²) in [6.07, 6.45) is 0. The first kappa shape index (κ1) is 24.3. The largest absolute Gasteiger partial charge is 0.468 e. The van der Waals surface area contributed by atoms with Crippen molar-refractivity contribution in [2.45, 2.75) is 19.8 Å². The van der Waals surface area contributed by atoms with E-state index in [1.807, 2.05) is 0 Å². The van der Waals surface area contributed by atoms with Crippen LogP contribution in [0.5, 0.6) is 0 Å². The molecule has 162 valence electrons. The Morgan fingerprint density at radius 3 is 2.60 bits per heavy atom. The fourth-order valence-electron chi connectivity index (χ4n) is 3.27. The number of aliphatic imine (C=N–C) groups is 1. The van der Waals surface area contributed by atoms with Crippen molar-refractivity contribution in [3.63, 3.8) is 0 Å². The Hall–Kier alpha value is -2.00. The van der Waals surface area contributed by atoms with Crippen LogP contribution in [0.3, 0.4) is 0 Å². The van der Waals surface area contributed by atoms with Crippen molar-refractivity contribution in [3.05, 3.63) is 45.1 Å². The monoisotopic (exact) mass is 472 g/mol. The molecule has 2 N–H and O–H groups in total. The van der Waals surface area contributed by atoms with Gasteiger partial charge in [0.05, 0.1) is 53.2 Å². The minimum absolute atomic E-state index is 0.00647. The van der Waals surface area contributed by atoms with Gasteiger partial charge in [-0.25, -0.2) is 4.79 Å². The molecule has 0 saturated carbocycles. The lowest BCUT2D eigenvalue weighted by molar-refractivity contribution is -0.144. The summed E-state index contributed by atoms with van der Waals surface area (Å²) in [5.41, 5.74) is 6.83. The number of halogens is 2. The van der Waals surface area contributed by atoms with E-state index in [1.54, 1.807) is 32.0 Å². The van der Waals surface area contributed by atoms with Crippen LogP contribution in [-0.4, -0.2) is 49.6 Å². The molecule has 0 amide bonds. The van der Waals surface area contributed by atoms with Crippen LogP contribution in [0.15, 0.2) is 34.5 Å². The van der Waals surface area contributed by atoms with Gasteiger partial charge in [0.25, 0.3) is 0 Å². The number of ether oxygens (including phenoxy) is 3. The van der Waals surface area contributed by atoms with Crippen molar-refractivity contribution in [2.24, 2.45) is 16.6 Å². The highest BCUT2D eigenvalue weighted by molar-refractivity contribution is 7.80. The van der Waals surface area contributed by atoms with Crippen molar-refractivity contribution >= 4 is 58.1 Å². The zero-order chi connectivity index (χ0) is 22.4. The van der Waals surface area contributed by atoms with E-state index in [2.05, 4.69) is 4.99 Å². The van der Waals surface area contributed by atoms with Gasteiger partial charge in [0.2, 0.25) is 0 Å². The molecule has 2 atom stereocenters. The maximum Gasteiger partial charge on any atom is 0.336 e. The van der Waals surface area contributed by atoms with Crippen molar-refractivity contribution in [2.75, 3.05) is 26.9 Å². The van der Waals surface area contributed by atoms with Gasteiger partial charge in [-0.1, -0.05) is 47.6 Å². The summed E-state index contributed by atoms with van der Waals surface area (Å²) in [6, 6.07) is 5.00. The number of thiocarbonyl (C=S) groups is 1. The van der Waals surface area contributed by atoms with Gasteiger partial charge >= 0.3 is 11.9 Å². The maximum atomic E-state index is 13.0. The Morgan fingerprint density at radius 2 is 2.00 bits per heavy atom. The second kappa shape index (κ2) is 10.9. The molecule has 10 heteroatoms. The number of carbonyl (C=O) groups excluding carboxylic acids is 2. The highest BCUT2D eigenvalue weighted by Gasteiger charge is 2.44. The van der Waals surface area contributed by atoms with Crippen LogP contribution in [0.2, 0.25) is 10.0 Å². The molecule has 0 spiro atoms. The number of rotatable bonds is 8. The molecule has 7 nitrogen and oxygen atoms in total. The average Bonchev–Trinajstić information content (AvgIpc) is 2.69. The molecule has 1 aromatic rings. The Labute approximate surface area is 190 Å². The van der Waals surface area contributed by atoms with Crippen molar-refractivity contribution in [3.8, 4) is 0 Å². The molecule has 0 aromatic heterocycles. The number of carbonyl (C=O) groups is 2. The number of nitrogens with zero attached hydrogens (tertiary/aromatic N) is 1. The van der Waals surface area contributed by atoms with Gasteiger partial charge in [-0.05, 0) is 25.5 Å². The molecule has 0 radical (unpaired) electrons. The van der Waals surface area contributed by atoms with Gasteiger partial charge in [0.15, 0.2) is 0 Å². The molecule has 30 heavy (non-hydrogen) atoms. The topological polar surface area (TPSA) is 100 Å². The van der Waals surface area contributed by atoms with Gasteiger partial charge in [0.1, 0.15) is 5.92 Å². The molecule has 1 aliphatic heterocycles. The SMILES string of the molecule is CCOC(=O)C1=C(COCC(N)=S)N=C(C)C(C(=O)OC)C1c1cccc(Cl)c1Cl. The zero-order valence-corrected chi connectivity index (χ0v) is 19.1. The third-order valence-electron chi connectivity index (χ3n) is 4.47. The van der Waals surface area contributed by atoms with Crippen LogP contribution in [0.4, 0.5) is 0 Å². The summed E-state index contributed by atoms with van der Waals surface area (Å²) in [4.78, 5) is 30.3. The van der Waals surface area contributed by atoms with Gasteiger partial charge in [-0.3, -0.25) is 9.79 Å². The Bertz CT molecular complexity index is 916. The summed E-state index contributed by atoms with van der Waals surface area (Å²) >= 11 is 17.5. The zero-order valence-electron chi connectivity index (χ0n) is 16.7. The summed E-state index contributed by atoms with van der Waals surface area (Å²) in [5, 5.41) is 0.505. The van der Waals surface area contributed by atoms with Crippen LogP contribution < -0.4 is 5.73 Å². The first-order valence-corrected chi connectivity index (χ1v) is 10.2. The van der Waals surface area contributed by atoms with Crippen LogP contribution in [0.1, 0.15) is 25.3 Å². The van der Waals surface area contributed by atoms with Gasteiger partial charge in [0, 0.05) is 11.6 Å². The second-order valence-corrected chi connectivity index (χ2v) is 7.72. The third kappa shape index (κ3) is 5.37. The minimum Gasteiger partial charge on any atom is -0.468 e. The van der Waals surface area contributed by atoms with Crippen molar-refractivity contribution < 1.29 is 23.8 Å². The highest BCUT2D eigenvalue weighted by Crippen LogP contribution is 2.44. The summed E-state index contributed by atoms with van der Waals surface area (Å²) < 4.78 is 15.7. The summed E-state index contributed by atoms with van der Waals surface area (Å²) in [7, 11) is 1.26. The Morgan fingerprint density at radius 1 is 1.30 bits per heavy atom. The molecular weight excluding hydrogens is 451 g/mol. The van der Waals surface area contributed by atoms with Crippen LogP contribution in [0, 0.1) is 5.92 Å². The Balaban J connectivity index is 2.71. The predicted molar refractivity (Wildman–Crippen MR) is 119 cm³/mol. The molecular formula is C20H22Cl2N2O5S. The van der Waals surface area contributed by atoms with Gasteiger partial charge in [-0.15, -0.1) is 0 Å². The standard InChI is InChI=1S/C20H22Cl2N2O5S/c1-4-29-20(26)17-13(8-28-9-14(23)30)24-10(2)15(19(25)27-3)16(17)11-6-5-7-12(21)18(11)22/h5-7,15-16H,4,8-9H2,1-3H3,(H2,23,30). The smallest absolute Gasteiger partial charge is 0.336 e. The molecule has 1 heterocycles. The fourth-order valence-corrected chi connectivity index (χ4v) is 3.78. The van der Waals surface area contributed by atoms with Crippen LogP contribution in [-0.2, 0) is 23.8 Å². The van der Waals surface area contributed by atoms with Crippen molar-refractivity contribution in [1.82, 2.24) is 0 Å².